The Bertz CT molecular complexity index is 513. The molecule has 102 valence electrons. The van der Waals surface area contributed by atoms with Crippen LogP contribution in [0.2, 0.25) is 0 Å². The monoisotopic (exact) mass is 259 g/mol. The minimum atomic E-state index is 0.0323. The standard InChI is InChI=1S/C16H21NO2/c1-11(2)7-13-9-17-10-16(18-13)15-8-12-5-3-4-6-14(12)19-15/h3-6,8,11,13,16-17H,7,9-10H2,1-2H3. The molecule has 2 unspecified atom stereocenters. The highest BCUT2D eigenvalue weighted by Gasteiger charge is 2.26. The Morgan fingerprint density at radius 2 is 2.11 bits per heavy atom. The van der Waals surface area contributed by atoms with Gasteiger partial charge in [0.15, 0.2) is 0 Å². The maximum absolute atomic E-state index is 6.16. The van der Waals surface area contributed by atoms with E-state index in [0.717, 1.165) is 36.2 Å². The van der Waals surface area contributed by atoms with E-state index in [9.17, 15) is 0 Å². The van der Waals surface area contributed by atoms with Crippen LogP contribution in [0.15, 0.2) is 34.7 Å². The van der Waals surface area contributed by atoms with E-state index >= 15 is 0 Å². The van der Waals surface area contributed by atoms with Gasteiger partial charge in [0.2, 0.25) is 0 Å². The fraction of sp³-hybridized carbons (Fsp3) is 0.500. The van der Waals surface area contributed by atoms with Crippen molar-refractivity contribution in [2.75, 3.05) is 13.1 Å². The second-order valence-electron chi connectivity index (χ2n) is 5.72. The minimum Gasteiger partial charge on any atom is -0.458 e. The summed E-state index contributed by atoms with van der Waals surface area (Å²) < 4.78 is 12.1. The molecule has 2 atom stereocenters. The number of morpholine rings is 1. The number of para-hydroxylation sites is 1. The lowest BCUT2D eigenvalue weighted by Gasteiger charge is -2.30. The predicted octanol–water partition coefficient (Wildman–Crippen LogP) is 3.51. The summed E-state index contributed by atoms with van der Waals surface area (Å²) in [5, 5.41) is 4.59. The number of furan rings is 1. The summed E-state index contributed by atoms with van der Waals surface area (Å²) in [7, 11) is 0. The van der Waals surface area contributed by atoms with Gasteiger partial charge in [-0.3, -0.25) is 0 Å². The molecular formula is C16H21NO2. The third kappa shape index (κ3) is 2.82. The molecule has 0 bridgehead atoms. The Labute approximate surface area is 113 Å². The van der Waals surface area contributed by atoms with E-state index in [0.29, 0.717) is 5.92 Å². The van der Waals surface area contributed by atoms with Gasteiger partial charge in [0.25, 0.3) is 0 Å². The first-order valence-electron chi connectivity index (χ1n) is 7.07. The summed E-state index contributed by atoms with van der Waals surface area (Å²) in [6.07, 6.45) is 1.40. The van der Waals surface area contributed by atoms with Gasteiger partial charge in [-0.2, -0.15) is 0 Å². The molecular weight excluding hydrogens is 238 g/mol. The molecule has 0 radical (unpaired) electrons. The Hall–Kier alpha value is -1.32. The van der Waals surface area contributed by atoms with Crippen molar-refractivity contribution in [1.29, 1.82) is 0 Å². The van der Waals surface area contributed by atoms with Gasteiger partial charge in [-0.05, 0) is 24.5 Å². The summed E-state index contributed by atoms with van der Waals surface area (Å²) in [4.78, 5) is 0. The van der Waals surface area contributed by atoms with Gasteiger partial charge in [0, 0.05) is 18.5 Å². The van der Waals surface area contributed by atoms with Gasteiger partial charge in [-0.25, -0.2) is 0 Å². The van der Waals surface area contributed by atoms with Gasteiger partial charge < -0.3 is 14.5 Å². The van der Waals surface area contributed by atoms with Crippen LogP contribution < -0.4 is 5.32 Å². The number of fused-ring (bicyclic) bond motifs is 1. The number of hydrogen-bond donors (Lipinski definition) is 1. The lowest BCUT2D eigenvalue weighted by atomic mass is 10.0. The van der Waals surface area contributed by atoms with E-state index in [-0.39, 0.29) is 12.2 Å². The SMILES string of the molecule is CC(C)CC1CNCC(c2cc3ccccc3o2)O1. The third-order valence-electron chi connectivity index (χ3n) is 3.55. The summed E-state index contributed by atoms with van der Waals surface area (Å²) >= 11 is 0. The molecule has 1 aliphatic rings. The quantitative estimate of drug-likeness (QED) is 0.916. The Morgan fingerprint density at radius 3 is 2.89 bits per heavy atom. The molecule has 2 heterocycles. The van der Waals surface area contributed by atoms with Crippen LogP contribution in [0.5, 0.6) is 0 Å². The van der Waals surface area contributed by atoms with Crippen LogP contribution in [-0.4, -0.2) is 19.2 Å². The van der Waals surface area contributed by atoms with Crippen LogP contribution in [0.25, 0.3) is 11.0 Å². The number of benzene rings is 1. The molecule has 2 aromatic rings. The topological polar surface area (TPSA) is 34.4 Å². The molecule has 3 nitrogen and oxygen atoms in total. The summed E-state index contributed by atoms with van der Waals surface area (Å²) in [6.45, 7) is 6.23. The average Bonchev–Trinajstić information content (AvgIpc) is 2.82. The average molecular weight is 259 g/mol. The molecule has 0 saturated carbocycles. The summed E-state index contributed by atoms with van der Waals surface area (Å²) in [5.74, 6) is 1.59. The molecule has 3 heteroatoms. The van der Waals surface area contributed by atoms with Crippen molar-refractivity contribution in [3.05, 3.63) is 36.1 Å². The van der Waals surface area contributed by atoms with Crippen molar-refractivity contribution in [1.82, 2.24) is 5.32 Å². The highest BCUT2D eigenvalue weighted by Crippen LogP contribution is 2.29. The fourth-order valence-corrected chi connectivity index (χ4v) is 2.70. The first kappa shape index (κ1) is 12.7. The zero-order chi connectivity index (χ0) is 13.2. The summed E-state index contributed by atoms with van der Waals surface area (Å²) in [5.41, 5.74) is 0.937. The number of nitrogens with one attached hydrogen (secondary N) is 1. The first-order chi connectivity index (χ1) is 9.22. The maximum Gasteiger partial charge on any atom is 0.135 e. The maximum atomic E-state index is 6.16. The first-order valence-corrected chi connectivity index (χ1v) is 7.07. The largest absolute Gasteiger partial charge is 0.458 e. The fourth-order valence-electron chi connectivity index (χ4n) is 2.70. The zero-order valence-electron chi connectivity index (χ0n) is 11.6. The van der Waals surface area contributed by atoms with Crippen LogP contribution in [-0.2, 0) is 4.74 Å². The molecule has 0 aliphatic carbocycles. The molecule has 0 amide bonds. The zero-order valence-corrected chi connectivity index (χ0v) is 11.6. The smallest absolute Gasteiger partial charge is 0.135 e. The lowest BCUT2D eigenvalue weighted by Crippen LogP contribution is -2.41. The molecule has 19 heavy (non-hydrogen) atoms. The Morgan fingerprint density at radius 1 is 1.26 bits per heavy atom. The van der Waals surface area contributed by atoms with Crippen LogP contribution >= 0.6 is 0 Å². The molecule has 1 aliphatic heterocycles. The summed E-state index contributed by atoms with van der Waals surface area (Å²) in [6, 6.07) is 10.2. The number of rotatable bonds is 3. The predicted molar refractivity (Wildman–Crippen MR) is 76.2 cm³/mol. The second kappa shape index (κ2) is 5.35. The van der Waals surface area contributed by atoms with Crippen LogP contribution in [0.4, 0.5) is 0 Å². The highest BCUT2D eigenvalue weighted by molar-refractivity contribution is 5.77. The van der Waals surface area contributed by atoms with Gasteiger partial charge in [-0.1, -0.05) is 32.0 Å². The van der Waals surface area contributed by atoms with Gasteiger partial charge in [0.1, 0.15) is 17.4 Å². The second-order valence-corrected chi connectivity index (χ2v) is 5.72. The van der Waals surface area contributed by atoms with Crippen molar-refractivity contribution < 1.29 is 9.15 Å². The van der Waals surface area contributed by atoms with E-state index in [4.69, 9.17) is 9.15 Å². The normalized spacial score (nSPS) is 24.2. The van der Waals surface area contributed by atoms with E-state index in [1.165, 1.54) is 0 Å². The Balaban J connectivity index is 1.77. The van der Waals surface area contributed by atoms with Crippen LogP contribution in [0, 0.1) is 5.92 Å². The van der Waals surface area contributed by atoms with Crippen molar-refractivity contribution in [3.63, 3.8) is 0 Å². The third-order valence-corrected chi connectivity index (χ3v) is 3.55. The molecule has 3 rings (SSSR count). The molecule has 1 aromatic heterocycles. The highest BCUT2D eigenvalue weighted by atomic mass is 16.5. The molecule has 1 aromatic carbocycles. The van der Waals surface area contributed by atoms with Gasteiger partial charge in [0.05, 0.1) is 6.10 Å². The molecule has 0 spiro atoms. The van der Waals surface area contributed by atoms with Crippen molar-refractivity contribution in [2.45, 2.75) is 32.5 Å². The van der Waals surface area contributed by atoms with Crippen molar-refractivity contribution >= 4 is 11.0 Å². The number of hydrogen-bond acceptors (Lipinski definition) is 3. The van der Waals surface area contributed by atoms with E-state index in [1.807, 2.05) is 18.2 Å². The van der Waals surface area contributed by atoms with E-state index in [1.54, 1.807) is 0 Å². The minimum absolute atomic E-state index is 0.0323. The molecule has 1 fully saturated rings. The number of ether oxygens (including phenoxy) is 1. The Kier molecular flexibility index (Phi) is 3.58. The lowest BCUT2D eigenvalue weighted by molar-refractivity contribution is -0.0559. The van der Waals surface area contributed by atoms with Crippen molar-refractivity contribution in [3.8, 4) is 0 Å². The van der Waals surface area contributed by atoms with Gasteiger partial charge in [-0.15, -0.1) is 0 Å². The van der Waals surface area contributed by atoms with Crippen LogP contribution in [0.3, 0.4) is 0 Å². The van der Waals surface area contributed by atoms with Gasteiger partial charge >= 0.3 is 0 Å². The van der Waals surface area contributed by atoms with E-state index < -0.39 is 0 Å². The molecule has 1 N–H and O–H groups in total. The molecule has 1 saturated heterocycles. The van der Waals surface area contributed by atoms with Crippen molar-refractivity contribution in [2.24, 2.45) is 5.92 Å². The van der Waals surface area contributed by atoms with Crippen LogP contribution in [0.1, 0.15) is 32.1 Å². The van der Waals surface area contributed by atoms with E-state index in [2.05, 4.69) is 31.3 Å².